The molecule has 0 unspecified atom stereocenters. The highest BCUT2D eigenvalue weighted by molar-refractivity contribution is 6.30. The van der Waals surface area contributed by atoms with Crippen LogP contribution < -0.4 is 4.74 Å². The third kappa shape index (κ3) is 5.07. The number of ether oxygens (including phenoxy) is 2. The van der Waals surface area contributed by atoms with Gasteiger partial charge in [0.05, 0.1) is 12.2 Å². The Kier molecular flexibility index (Phi) is 5.51. The van der Waals surface area contributed by atoms with E-state index in [1.165, 1.54) is 6.07 Å². The fourth-order valence-corrected chi connectivity index (χ4v) is 2.78. The van der Waals surface area contributed by atoms with E-state index in [1.807, 2.05) is 20.8 Å². The predicted molar refractivity (Wildman–Crippen MR) is 98.1 cm³/mol. The SMILES string of the molecule is CC(C)(C)OC(=O)N1CCc2cnc(OCc3ccc(Cl)cc3F)nc2C1. The molecule has 1 aliphatic heterocycles. The number of carbonyl (C=O) groups is 1. The molecule has 0 spiro atoms. The Morgan fingerprint density at radius 3 is 2.85 bits per heavy atom. The number of aromatic nitrogens is 2. The molecule has 0 radical (unpaired) electrons. The monoisotopic (exact) mass is 393 g/mol. The topological polar surface area (TPSA) is 64.5 Å². The van der Waals surface area contributed by atoms with Gasteiger partial charge in [-0.05, 0) is 44.9 Å². The summed E-state index contributed by atoms with van der Waals surface area (Å²) in [5, 5.41) is 0.323. The zero-order valence-electron chi connectivity index (χ0n) is 15.5. The molecule has 2 aromatic rings. The van der Waals surface area contributed by atoms with Crippen molar-refractivity contribution in [3.05, 3.63) is 52.1 Å². The summed E-state index contributed by atoms with van der Waals surface area (Å²) in [5.74, 6) is -0.448. The minimum atomic E-state index is -0.556. The van der Waals surface area contributed by atoms with E-state index in [0.717, 1.165) is 5.56 Å². The Morgan fingerprint density at radius 1 is 1.37 bits per heavy atom. The molecule has 0 aliphatic carbocycles. The quantitative estimate of drug-likeness (QED) is 0.784. The van der Waals surface area contributed by atoms with Gasteiger partial charge in [0.15, 0.2) is 0 Å². The number of halogens is 2. The number of rotatable bonds is 3. The summed E-state index contributed by atoms with van der Waals surface area (Å²) in [4.78, 5) is 22.4. The molecule has 0 bridgehead atoms. The van der Waals surface area contributed by atoms with E-state index in [2.05, 4.69) is 9.97 Å². The molecule has 0 saturated heterocycles. The van der Waals surface area contributed by atoms with Gasteiger partial charge in [0.1, 0.15) is 18.0 Å². The predicted octanol–water partition coefficient (Wildman–Crippen LogP) is 4.14. The maximum atomic E-state index is 13.8. The summed E-state index contributed by atoms with van der Waals surface area (Å²) >= 11 is 5.74. The van der Waals surface area contributed by atoms with E-state index in [4.69, 9.17) is 21.1 Å². The van der Waals surface area contributed by atoms with Crippen molar-refractivity contribution in [2.24, 2.45) is 0 Å². The Morgan fingerprint density at radius 2 is 2.15 bits per heavy atom. The maximum Gasteiger partial charge on any atom is 0.410 e. The van der Waals surface area contributed by atoms with Gasteiger partial charge < -0.3 is 14.4 Å². The molecule has 1 aromatic carbocycles. The second-order valence-electron chi connectivity index (χ2n) is 7.30. The van der Waals surface area contributed by atoms with Gasteiger partial charge in [-0.3, -0.25) is 0 Å². The zero-order chi connectivity index (χ0) is 19.6. The third-order valence-corrected chi connectivity index (χ3v) is 4.18. The van der Waals surface area contributed by atoms with Crippen molar-refractivity contribution >= 4 is 17.7 Å². The smallest absolute Gasteiger partial charge is 0.410 e. The molecular formula is C19H21ClFN3O3. The van der Waals surface area contributed by atoms with Gasteiger partial charge in [-0.15, -0.1) is 0 Å². The van der Waals surface area contributed by atoms with Gasteiger partial charge in [0, 0.05) is 23.3 Å². The first-order valence-corrected chi connectivity index (χ1v) is 8.98. The summed E-state index contributed by atoms with van der Waals surface area (Å²) in [6, 6.07) is 4.51. The van der Waals surface area contributed by atoms with Crippen molar-refractivity contribution in [3.8, 4) is 6.01 Å². The molecule has 8 heteroatoms. The fourth-order valence-electron chi connectivity index (χ4n) is 2.62. The molecule has 144 valence electrons. The highest BCUT2D eigenvalue weighted by Gasteiger charge is 2.27. The van der Waals surface area contributed by atoms with E-state index in [-0.39, 0.29) is 18.7 Å². The van der Waals surface area contributed by atoms with Crippen molar-refractivity contribution in [3.63, 3.8) is 0 Å². The Bertz CT molecular complexity index is 855. The van der Waals surface area contributed by atoms with Crippen molar-refractivity contribution in [2.75, 3.05) is 6.54 Å². The van der Waals surface area contributed by atoms with Crippen molar-refractivity contribution in [1.82, 2.24) is 14.9 Å². The molecule has 1 aliphatic rings. The normalized spacial score (nSPS) is 13.9. The van der Waals surface area contributed by atoms with Gasteiger partial charge in [0.25, 0.3) is 0 Å². The van der Waals surface area contributed by atoms with Crippen LogP contribution in [0.1, 0.15) is 37.6 Å². The van der Waals surface area contributed by atoms with Crippen LogP contribution in [-0.2, 0) is 24.3 Å². The Hall–Kier alpha value is -2.41. The largest absolute Gasteiger partial charge is 0.458 e. The van der Waals surface area contributed by atoms with E-state index in [0.29, 0.717) is 35.8 Å². The van der Waals surface area contributed by atoms with Gasteiger partial charge in [-0.2, -0.15) is 4.98 Å². The van der Waals surface area contributed by atoms with E-state index in [1.54, 1.807) is 23.2 Å². The zero-order valence-corrected chi connectivity index (χ0v) is 16.2. The highest BCUT2D eigenvalue weighted by atomic mass is 35.5. The first-order valence-electron chi connectivity index (χ1n) is 8.61. The molecule has 0 fully saturated rings. The van der Waals surface area contributed by atoms with E-state index < -0.39 is 11.4 Å². The van der Waals surface area contributed by atoms with Crippen LogP contribution in [0.3, 0.4) is 0 Å². The fraction of sp³-hybridized carbons (Fsp3) is 0.421. The number of amides is 1. The maximum absolute atomic E-state index is 13.8. The highest BCUT2D eigenvalue weighted by Crippen LogP contribution is 2.21. The average Bonchev–Trinajstić information content (AvgIpc) is 2.59. The number of carbonyl (C=O) groups excluding carboxylic acids is 1. The van der Waals surface area contributed by atoms with Crippen LogP contribution in [-0.4, -0.2) is 33.1 Å². The number of hydrogen-bond acceptors (Lipinski definition) is 5. The molecule has 1 aromatic heterocycles. The summed E-state index contributed by atoms with van der Waals surface area (Å²) in [6.07, 6.45) is 1.95. The molecule has 3 rings (SSSR count). The van der Waals surface area contributed by atoms with Crippen LogP contribution in [0, 0.1) is 5.82 Å². The molecule has 0 atom stereocenters. The lowest BCUT2D eigenvalue weighted by Gasteiger charge is -2.30. The second-order valence-corrected chi connectivity index (χ2v) is 7.74. The number of fused-ring (bicyclic) bond motifs is 1. The Balaban J connectivity index is 1.67. The molecule has 1 amide bonds. The first kappa shape index (κ1) is 19.4. The van der Waals surface area contributed by atoms with E-state index in [9.17, 15) is 9.18 Å². The van der Waals surface area contributed by atoms with Gasteiger partial charge >= 0.3 is 12.1 Å². The number of hydrogen-bond donors (Lipinski definition) is 0. The Labute approximate surface area is 162 Å². The number of benzene rings is 1. The molecule has 0 N–H and O–H groups in total. The first-order chi connectivity index (χ1) is 12.7. The van der Waals surface area contributed by atoms with Crippen LogP contribution in [0.5, 0.6) is 6.01 Å². The van der Waals surface area contributed by atoms with Crippen LogP contribution in [0.4, 0.5) is 9.18 Å². The van der Waals surface area contributed by atoms with Crippen LogP contribution in [0.15, 0.2) is 24.4 Å². The summed E-state index contributed by atoms with van der Waals surface area (Å²) in [5.41, 5.74) is 1.46. The molecule has 27 heavy (non-hydrogen) atoms. The van der Waals surface area contributed by atoms with Gasteiger partial charge in [-0.25, -0.2) is 14.2 Å². The summed E-state index contributed by atoms with van der Waals surface area (Å²) in [7, 11) is 0. The third-order valence-electron chi connectivity index (χ3n) is 3.95. The molecule has 2 heterocycles. The minimum Gasteiger partial charge on any atom is -0.458 e. The lowest BCUT2D eigenvalue weighted by atomic mass is 10.1. The second kappa shape index (κ2) is 7.68. The summed E-state index contributed by atoms with van der Waals surface area (Å²) in [6.45, 7) is 6.32. The molecule has 0 saturated carbocycles. The average molecular weight is 394 g/mol. The lowest BCUT2D eigenvalue weighted by molar-refractivity contribution is 0.0220. The van der Waals surface area contributed by atoms with Crippen molar-refractivity contribution in [2.45, 2.75) is 45.9 Å². The van der Waals surface area contributed by atoms with Crippen LogP contribution in [0.25, 0.3) is 0 Å². The summed E-state index contributed by atoms with van der Waals surface area (Å²) < 4.78 is 24.8. The van der Waals surface area contributed by atoms with Crippen LogP contribution >= 0.6 is 11.6 Å². The molecule has 6 nitrogen and oxygen atoms in total. The van der Waals surface area contributed by atoms with Crippen molar-refractivity contribution < 1.29 is 18.7 Å². The van der Waals surface area contributed by atoms with Crippen LogP contribution in [0.2, 0.25) is 5.02 Å². The number of nitrogens with zero attached hydrogens (tertiary/aromatic N) is 3. The molecular weight excluding hydrogens is 373 g/mol. The lowest BCUT2D eigenvalue weighted by Crippen LogP contribution is -2.40. The van der Waals surface area contributed by atoms with E-state index >= 15 is 0 Å². The van der Waals surface area contributed by atoms with Gasteiger partial charge in [0.2, 0.25) is 0 Å². The standard InChI is InChI=1S/C19H21ClFN3O3/c1-19(2,3)27-18(25)24-7-6-12-9-22-17(23-16(12)10-24)26-11-13-4-5-14(20)8-15(13)21/h4-5,8-9H,6-7,10-11H2,1-3H3. The van der Waals surface area contributed by atoms with Crippen molar-refractivity contribution in [1.29, 1.82) is 0 Å². The minimum absolute atomic E-state index is 0.0163. The van der Waals surface area contributed by atoms with Gasteiger partial charge in [-0.1, -0.05) is 17.7 Å².